The fraction of sp³-hybridized carbons (Fsp3) is 0.238. The summed E-state index contributed by atoms with van der Waals surface area (Å²) in [5, 5.41) is 4.55. The number of carbonyl (C=O) groups excluding carboxylic acids is 4. The summed E-state index contributed by atoms with van der Waals surface area (Å²) < 4.78 is 31.0. The smallest absolute Gasteiger partial charge is 0.340 e. The van der Waals surface area contributed by atoms with E-state index in [-0.39, 0.29) is 17.2 Å². The van der Waals surface area contributed by atoms with Crippen molar-refractivity contribution in [2.24, 2.45) is 0 Å². The topological polar surface area (TPSA) is 105 Å². The number of amides is 3. The number of rotatable bonds is 7. The van der Waals surface area contributed by atoms with Crippen molar-refractivity contribution >= 4 is 35.1 Å². The molecule has 162 valence electrons. The first-order valence-corrected chi connectivity index (χ1v) is 9.43. The van der Waals surface area contributed by atoms with Gasteiger partial charge in [-0.2, -0.15) is 0 Å². The van der Waals surface area contributed by atoms with Crippen LogP contribution < -0.4 is 15.5 Å². The van der Waals surface area contributed by atoms with Crippen molar-refractivity contribution in [1.82, 2.24) is 5.32 Å². The van der Waals surface area contributed by atoms with E-state index in [1.807, 2.05) is 0 Å². The Bertz CT molecular complexity index is 1030. The fourth-order valence-electron chi connectivity index (χ4n) is 3.00. The lowest BCUT2D eigenvalue weighted by Gasteiger charge is -2.18. The molecule has 3 amide bonds. The Kier molecular flexibility index (Phi) is 6.91. The van der Waals surface area contributed by atoms with E-state index in [4.69, 9.17) is 4.74 Å². The van der Waals surface area contributed by atoms with Crippen molar-refractivity contribution in [2.75, 3.05) is 29.9 Å². The number of anilines is 2. The van der Waals surface area contributed by atoms with Gasteiger partial charge in [-0.15, -0.1) is 0 Å². The molecule has 1 fully saturated rings. The van der Waals surface area contributed by atoms with E-state index in [0.717, 1.165) is 12.1 Å². The summed E-state index contributed by atoms with van der Waals surface area (Å²) in [5.41, 5.74) is 0.598. The second kappa shape index (κ2) is 9.79. The molecular weight excluding hydrogens is 412 g/mol. The van der Waals surface area contributed by atoms with Crippen LogP contribution in [0.5, 0.6) is 0 Å². The number of esters is 1. The first-order chi connectivity index (χ1) is 14.8. The zero-order chi connectivity index (χ0) is 22.4. The molecule has 1 heterocycles. The summed E-state index contributed by atoms with van der Waals surface area (Å²) >= 11 is 0. The molecule has 1 aliphatic rings. The van der Waals surface area contributed by atoms with Crippen LogP contribution in [0.4, 0.5) is 20.2 Å². The number of nitrogens with one attached hydrogen (secondary N) is 2. The van der Waals surface area contributed by atoms with Gasteiger partial charge in [-0.3, -0.25) is 14.4 Å². The minimum Gasteiger partial charge on any atom is -0.452 e. The number of ether oxygens (including phenoxy) is 1. The summed E-state index contributed by atoms with van der Waals surface area (Å²) in [7, 11) is 0. The molecule has 1 saturated heterocycles. The van der Waals surface area contributed by atoms with Crippen LogP contribution in [0.15, 0.2) is 42.5 Å². The summed E-state index contributed by atoms with van der Waals surface area (Å²) in [6, 6.07) is 9.26. The number of hydrogen-bond donors (Lipinski definition) is 2. The molecule has 0 aromatic heterocycles. The van der Waals surface area contributed by atoms with Gasteiger partial charge in [0.05, 0.1) is 17.8 Å². The van der Waals surface area contributed by atoms with Crippen LogP contribution in [-0.2, 0) is 19.1 Å². The lowest BCUT2D eigenvalue weighted by atomic mass is 10.1. The molecule has 2 aromatic carbocycles. The second-order valence-corrected chi connectivity index (χ2v) is 6.70. The molecule has 3 rings (SSSR count). The normalized spacial score (nSPS) is 13.1. The zero-order valence-corrected chi connectivity index (χ0v) is 16.3. The maximum atomic E-state index is 13.1. The number of hydrogen-bond acceptors (Lipinski definition) is 5. The summed E-state index contributed by atoms with van der Waals surface area (Å²) in [6.07, 6.45) is 1.09. The molecular formula is C21H19F2N3O5. The highest BCUT2D eigenvalue weighted by atomic mass is 19.2. The molecule has 31 heavy (non-hydrogen) atoms. The third-order valence-corrected chi connectivity index (χ3v) is 4.47. The quantitative estimate of drug-likeness (QED) is 0.653. The van der Waals surface area contributed by atoms with Crippen LogP contribution in [0.2, 0.25) is 0 Å². The minimum absolute atomic E-state index is 0.0256. The van der Waals surface area contributed by atoms with Crippen LogP contribution >= 0.6 is 0 Å². The zero-order valence-electron chi connectivity index (χ0n) is 16.3. The predicted octanol–water partition coefficient (Wildman–Crippen LogP) is 2.00. The first-order valence-electron chi connectivity index (χ1n) is 9.43. The van der Waals surface area contributed by atoms with Gasteiger partial charge >= 0.3 is 5.97 Å². The Morgan fingerprint density at radius 1 is 1.03 bits per heavy atom. The highest BCUT2D eigenvalue weighted by Gasteiger charge is 2.26. The van der Waals surface area contributed by atoms with E-state index in [0.29, 0.717) is 25.1 Å². The average molecular weight is 431 g/mol. The van der Waals surface area contributed by atoms with E-state index in [2.05, 4.69) is 10.6 Å². The largest absolute Gasteiger partial charge is 0.452 e. The van der Waals surface area contributed by atoms with Gasteiger partial charge in [0.25, 0.3) is 5.91 Å². The fourth-order valence-corrected chi connectivity index (χ4v) is 3.00. The van der Waals surface area contributed by atoms with Gasteiger partial charge in [0.2, 0.25) is 11.8 Å². The Morgan fingerprint density at radius 2 is 1.81 bits per heavy atom. The first kappa shape index (κ1) is 21.9. The molecule has 0 aliphatic carbocycles. The van der Waals surface area contributed by atoms with Gasteiger partial charge < -0.3 is 20.3 Å². The number of benzene rings is 2. The molecule has 2 aromatic rings. The molecule has 0 spiro atoms. The molecule has 10 heteroatoms. The van der Waals surface area contributed by atoms with E-state index in [1.165, 1.54) is 17.0 Å². The lowest BCUT2D eigenvalue weighted by molar-refractivity contribution is -0.126. The predicted molar refractivity (Wildman–Crippen MR) is 106 cm³/mol. The Balaban J connectivity index is 1.48. The van der Waals surface area contributed by atoms with Crippen molar-refractivity contribution in [2.45, 2.75) is 12.8 Å². The average Bonchev–Trinajstić information content (AvgIpc) is 3.19. The van der Waals surface area contributed by atoms with E-state index in [1.54, 1.807) is 18.2 Å². The van der Waals surface area contributed by atoms with E-state index >= 15 is 0 Å². The van der Waals surface area contributed by atoms with Crippen molar-refractivity contribution in [3.8, 4) is 0 Å². The number of halogens is 2. The molecule has 0 saturated carbocycles. The number of nitrogens with zero attached hydrogens (tertiary/aromatic N) is 1. The minimum atomic E-state index is -1.12. The van der Waals surface area contributed by atoms with Crippen LogP contribution in [-0.4, -0.2) is 43.4 Å². The maximum absolute atomic E-state index is 13.1. The second-order valence-electron chi connectivity index (χ2n) is 6.70. The van der Waals surface area contributed by atoms with Gasteiger partial charge in [-0.1, -0.05) is 12.1 Å². The summed E-state index contributed by atoms with van der Waals surface area (Å²) in [5.74, 6) is -4.46. The maximum Gasteiger partial charge on any atom is 0.340 e. The number of para-hydroxylation sites is 1. The SMILES string of the molecule is O=C(COC(=O)c1ccccc1N1CCCC1=O)NCC(=O)Nc1ccc(F)c(F)c1. The third-order valence-electron chi connectivity index (χ3n) is 4.47. The molecule has 2 N–H and O–H groups in total. The molecule has 0 radical (unpaired) electrons. The highest BCUT2D eigenvalue weighted by Crippen LogP contribution is 2.25. The van der Waals surface area contributed by atoms with Crippen molar-refractivity contribution in [1.29, 1.82) is 0 Å². The lowest BCUT2D eigenvalue weighted by Crippen LogP contribution is -2.35. The Hall–Kier alpha value is -3.82. The molecule has 8 nitrogen and oxygen atoms in total. The molecule has 1 aliphatic heterocycles. The standard InChI is InChI=1S/C21H19F2N3O5/c22-15-8-7-13(10-16(15)23)25-18(27)11-24-19(28)12-31-21(30)14-4-1-2-5-17(14)26-9-3-6-20(26)29/h1-2,4-5,7-8,10H,3,6,9,11-12H2,(H,24,28)(H,25,27). The van der Waals surface area contributed by atoms with Crippen molar-refractivity contribution in [3.05, 3.63) is 59.7 Å². The number of carbonyl (C=O) groups is 4. The van der Waals surface area contributed by atoms with Gasteiger partial charge in [-0.25, -0.2) is 13.6 Å². The van der Waals surface area contributed by atoms with Gasteiger partial charge in [0.1, 0.15) is 0 Å². The van der Waals surface area contributed by atoms with Crippen LogP contribution in [0, 0.1) is 11.6 Å². The van der Waals surface area contributed by atoms with Gasteiger partial charge in [-0.05, 0) is 30.7 Å². The molecule has 0 atom stereocenters. The highest BCUT2D eigenvalue weighted by molar-refractivity contribution is 6.04. The van der Waals surface area contributed by atoms with Crippen LogP contribution in [0.3, 0.4) is 0 Å². The van der Waals surface area contributed by atoms with Crippen LogP contribution in [0.1, 0.15) is 23.2 Å². The van der Waals surface area contributed by atoms with Crippen molar-refractivity contribution in [3.63, 3.8) is 0 Å². The Morgan fingerprint density at radius 3 is 2.52 bits per heavy atom. The van der Waals surface area contributed by atoms with E-state index in [9.17, 15) is 28.0 Å². The summed E-state index contributed by atoms with van der Waals surface area (Å²) in [4.78, 5) is 49.5. The van der Waals surface area contributed by atoms with Gasteiger partial charge in [0.15, 0.2) is 18.2 Å². The van der Waals surface area contributed by atoms with Crippen molar-refractivity contribution < 1.29 is 32.7 Å². The monoisotopic (exact) mass is 431 g/mol. The Labute approximate surface area is 176 Å². The summed E-state index contributed by atoms with van der Waals surface area (Å²) in [6.45, 7) is -0.607. The van der Waals surface area contributed by atoms with E-state index < -0.39 is 42.6 Å². The molecule has 0 bridgehead atoms. The van der Waals surface area contributed by atoms with Gasteiger partial charge in [0, 0.05) is 24.7 Å². The van der Waals surface area contributed by atoms with Crippen LogP contribution in [0.25, 0.3) is 0 Å². The molecule has 0 unspecified atom stereocenters. The third kappa shape index (κ3) is 5.62.